The van der Waals surface area contributed by atoms with Crippen LogP contribution in [0, 0.1) is 0 Å². The number of nitrogen functional groups attached to an aromatic ring is 1. The summed E-state index contributed by atoms with van der Waals surface area (Å²) < 4.78 is 0. The molecule has 0 atom stereocenters. The summed E-state index contributed by atoms with van der Waals surface area (Å²) in [7, 11) is 0. The molecule has 1 rings (SSSR count). The Bertz CT molecular complexity index is 431. The van der Waals surface area contributed by atoms with Gasteiger partial charge in [-0.2, -0.15) is 0 Å². The number of aliphatic hydroxyl groups is 1. The SMILES string of the molecule is CCC(CC)N(CCO)c1ccc(C(N)=O)cc1N. The first kappa shape index (κ1) is 15.3. The number of nitrogens with zero attached hydrogens (tertiary/aromatic N) is 1. The quantitative estimate of drug-likeness (QED) is 0.649. The lowest BCUT2D eigenvalue weighted by atomic mass is 10.1. The molecular weight excluding hydrogens is 242 g/mol. The van der Waals surface area contributed by atoms with Gasteiger partial charge in [-0.1, -0.05) is 13.8 Å². The Morgan fingerprint density at radius 1 is 1.37 bits per heavy atom. The van der Waals surface area contributed by atoms with Gasteiger partial charge in [-0.3, -0.25) is 4.79 Å². The lowest BCUT2D eigenvalue weighted by molar-refractivity contribution is 0.100. The average Bonchev–Trinajstić information content (AvgIpc) is 2.39. The molecule has 19 heavy (non-hydrogen) atoms. The van der Waals surface area contributed by atoms with Gasteiger partial charge >= 0.3 is 0 Å². The van der Waals surface area contributed by atoms with Crippen molar-refractivity contribution < 1.29 is 9.90 Å². The molecule has 5 N–H and O–H groups in total. The first-order chi connectivity index (χ1) is 9.04. The van der Waals surface area contributed by atoms with Gasteiger partial charge in [-0.15, -0.1) is 0 Å². The Morgan fingerprint density at radius 3 is 2.42 bits per heavy atom. The maximum Gasteiger partial charge on any atom is 0.248 e. The molecule has 1 aromatic carbocycles. The molecule has 0 fully saturated rings. The fourth-order valence-corrected chi connectivity index (χ4v) is 2.31. The lowest BCUT2D eigenvalue weighted by Crippen LogP contribution is -2.37. The van der Waals surface area contributed by atoms with Crippen LogP contribution >= 0.6 is 0 Å². The Kier molecular flexibility index (Phi) is 5.63. The van der Waals surface area contributed by atoms with E-state index < -0.39 is 5.91 Å². The number of hydrogen-bond acceptors (Lipinski definition) is 4. The van der Waals surface area contributed by atoms with E-state index in [1.54, 1.807) is 18.2 Å². The van der Waals surface area contributed by atoms with Gasteiger partial charge in [0.05, 0.1) is 18.0 Å². The van der Waals surface area contributed by atoms with E-state index in [2.05, 4.69) is 18.7 Å². The topological polar surface area (TPSA) is 92.6 Å². The van der Waals surface area contributed by atoms with E-state index in [-0.39, 0.29) is 6.61 Å². The van der Waals surface area contributed by atoms with Crippen LogP contribution in [0.1, 0.15) is 37.0 Å². The van der Waals surface area contributed by atoms with Crippen molar-refractivity contribution in [2.45, 2.75) is 32.7 Å². The molecule has 0 saturated heterocycles. The second-order valence-corrected chi connectivity index (χ2v) is 4.53. The molecule has 1 amide bonds. The van der Waals surface area contributed by atoms with Gasteiger partial charge in [0.15, 0.2) is 0 Å². The first-order valence-electron chi connectivity index (χ1n) is 6.61. The van der Waals surface area contributed by atoms with Crippen LogP contribution in [-0.2, 0) is 0 Å². The van der Waals surface area contributed by atoms with Gasteiger partial charge in [0, 0.05) is 18.2 Å². The van der Waals surface area contributed by atoms with Crippen molar-refractivity contribution in [2.24, 2.45) is 5.73 Å². The molecule has 1 aromatic rings. The van der Waals surface area contributed by atoms with Crippen molar-refractivity contribution in [3.63, 3.8) is 0 Å². The lowest BCUT2D eigenvalue weighted by Gasteiger charge is -2.33. The predicted molar refractivity (Wildman–Crippen MR) is 78.2 cm³/mol. The second kappa shape index (κ2) is 6.99. The molecule has 5 nitrogen and oxygen atoms in total. The first-order valence-corrected chi connectivity index (χ1v) is 6.61. The van der Waals surface area contributed by atoms with E-state index in [1.807, 2.05) is 0 Å². The number of amides is 1. The number of primary amides is 1. The van der Waals surface area contributed by atoms with Crippen molar-refractivity contribution in [3.05, 3.63) is 23.8 Å². The highest BCUT2D eigenvalue weighted by molar-refractivity contribution is 5.94. The molecule has 0 aromatic heterocycles. The minimum Gasteiger partial charge on any atom is -0.397 e. The van der Waals surface area contributed by atoms with Crippen LogP contribution in [0.5, 0.6) is 0 Å². The number of hydrogen-bond donors (Lipinski definition) is 3. The van der Waals surface area contributed by atoms with Crippen molar-refractivity contribution in [2.75, 3.05) is 23.8 Å². The molecule has 0 heterocycles. The Morgan fingerprint density at radius 2 is 2.00 bits per heavy atom. The summed E-state index contributed by atoms with van der Waals surface area (Å²) >= 11 is 0. The molecule has 0 aliphatic heterocycles. The zero-order chi connectivity index (χ0) is 14.4. The Hall–Kier alpha value is -1.75. The minimum absolute atomic E-state index is 0.0630. The number of benzene rings is 1. The number of nitrogens with two attached hydrogens (primary N) is 2. The third-order valence-corrected chi connectivity index (χ3v) is 3.35. The van der Waals surface area contributed by atoms with Crippen LogP contribution < -0.4 is 16.4 Å². The van der Waals surface area contributed by atoms with Gasteiger partial charge in [-0.25, -0.2) is 0 Å². The van der Waals surface area contributed by atoms with E-state index in [0.717, 1.165) is 18.5 Å². The number of carbonyl (C=O) groups excluding carboxylic acids is 1. The van der Waals surface area contributed by atoms with Crippen LogP contribution in [0.4, 0.5) is 11.4 Å². The molecule has 0 spiro atoms. The van der Waals surface area contributed by atoms with E-state index in [0.29, 0.717) is 23.8 Å². The smallest absolute Gasteiger partial charge is 0.248 e. The van der Waals surface area contributed by atoms with E-state index in [1.165, 1.54) is 0 Å². The molecule has 5 heteroatoms. The van der Waals surface area contributed by atoms with Gasteiger partial charge < -0.3 is 21.5 Å². The summed E-state index contributed by atoms with van der Waals surface area (Å²) in [6.45, 7) is 4.79. The van der Waals surface area contributed by atoms with Crippen molar-refractivity contribution in [1.82, 2.24) is 0 Å². The molecular formula is C14H23N3O2. The largest absolute Gasteiger partial charge is 0.397 e. The molecule has 0 bridgehead atoms. The molecule has 0 aliphatic rings. The summed E-state index contributed by atoms with van der Waals surface area (Å²) in [6, 6.07) is 5.36. The predicted octanol–water partition coefficient (Wildman–Crippen LogP) is 1.36. The van der Waals surface area contributed by atoms with E-state index >= 15 is 0 Å². The molecule has 0 radical (unpaired) electrons. The summed E-state index contributed by atoms with van der Waals surface area (Å²) in [5, 5.41) is 9.22. The number of carbonyl (C=O) groups is 1. The summed E-state index contributed by atoms with van der Waals surface area (Å²) in [4.78, 5) is 13.2. The maximum absolute atomic E-state index is 11.1. The van der Waals surface area contributed by atoms with Gasteiger partial charge in [0.25, 0.3) is 0 Å². The third kappa shape index (κ3) is 3.61. The molecule has 0 unspecified atom stereocenters. The van der Waals surface area contributed by atoms with Gasteiger partial charge in [0.2, 0.25) is 5.91 Å². The van der Waals surface area contributed by atoms with Crippen LogP contribution in [0.2, 0.25) is 0 Å². The summed E-state index contributed by atoms with van der Waals surface area (Å²) in [5.41, 5.74) is 13.0. The standard InChI is InChI=1S/C14H23N3O2/c1-3-11(4-2)17(7-8-18)13-6-5-10(14(16)19)9-12(13)15/h5-6,9,11,18H,3-4,7-8,15H2,1-2H3,(H2,16,19). The van der Waals surface area contributed by atoms with Gasteiger partial charge in [-0.05, 0) is 31.0 Å². The van der Waals surface area contributed by atoms with Crippen LogP contribution in [0.25, 0.3) is 0 Å². The monoisotopic (exact) mass is 265 g/mol. The van der Waals surface area contributed by atoms with E-state index in [4.69, 9.17) is 11.5 Å². The number of aliphatic hydroxyl groups excluding tert-OH is 1. The van der Waals surface area contributed by atoms with Crippen LogP contribution in [-0.4, -0.2) is 30.2 Å². The molecule has 0 aliphatic carbocycles. The van der Waals surface area contributed by atoms with Crippen LogP contribution in [0.3, 0.4) is 0 Å². The Labute approximate surface area is 114 Å². The minimum atomic E-state index is -0.491. The fraction of sp³-hybridized carbons (Fsp3) is 0.500. The van der Waals surface area contributed by atoms with E-state index in [9.17, 15) is 9.90 Å². The van der Waals surface area contributed by atoms with Crippen molar-refractivity contribution in [3.8, 4) is 0 Å². The maximum atomic E-state index is 11.1. The summed E-state index contributed by atoms with van der Waals surface area (Å²) in [6.07, 6.45) is 1.93. The van der Waals surface area contributed by atoms with Crippen molar-refractivity contribution >= 4 is 17.3 Å². The summed E-state index contributed by atoms with van der Waals surface area (Å²) in [5.74, 6) is -0.491. The average molecular weight is 265 g/mol. The van der Waals surface area contributed by atoms with Crippen LogP contribution in [0.15, 0.2) is 18.2 Å². The zero-order valence-electron chi connectivity index (χ0n) is 11.6. The zero-order valence-corrected chi connectivity index (χ0v) is 11.6. The van der Waals surface area contributed by atoms with Crippen molar-refractivity contribution in [1.29, 1.82) is 0 Å². The molecule has 0 saturated carbocycles. The van der Waals surface area contributed by atoms with Gasteiger partial charge in [0.1, 0.15) is 0 Å². The fourth-order valence-electron chi connectivity index (χ4n) is 2.31. The number of anilines is 2. The third-order valence-electron chi connectivity index (χ3n) is 3.35. The molecule has 106 valence electrons. The highest BCUT2D eigenvalue weighted by Crippen LogP contribution is 2.27. The number of rotatable bonds is 7. The highest BCUT2D eigenvalue weighted by atomic mass is 16.3. The normalized spacial score (nSPS) is 10.7. The highest BCUT2D eigenvalue weighted by Gasteiger charge is 2.18. The second-order valence-electron chi connectivity index (χ2n) is 4.53. The Balaban J connectivity index is 3.12.